The molecule has 3 nitrogen and oxygen atoms in total. The number of likely N-dealkylation sites (tertiary alicyclic amines) is 1. The fourth-order valence-corrected chi connectivity index (χ4v) is 3.96. The lowest BCUT2D eigenvalue weighted by atomic mass is 9.71. The highest BCUT2D eigenvalue weighted by Crippen LogP contribution is 2.40. The van der Waals surface area contributed by atoms with Crippen molar-refractivity contribution in [2.75, 3.05) is 13.1 Å². The Bertz CT molecular complexity index is 560. The molecule has 1 aliphatic heterocycles. The summed E-state index contributed by atoms with van der Waals surface area (Å²) in [4.78, 5) is 14.6. The summed E-state index contributed by atoms with van der Waals surface area (Å²) in [6.07, 6.45) is 4.95. The van der Waals surface area contributed by atoms with E-state index >= 15 is 0 Å². The van der Waals surface area contributed by atoms with E-state index in [2.05, 4.69) is 15.9 Å². The number of aliphatic hydroxyl groups is 1. The summed E-state index contributed by atoms with van der Waals surface area (Å²) in [6.45, 7) is 3.36. The lowest BCUT2D eigenvalue weighted by molar-refractivity contribution is -0.0886. The molecule has 0 spiro atoms. The smallest absolute Gasteiger partial charge is 0.253 e. The van der Waals surface area contributed by atoms with E-state index in [1.165, 1.54) is 6.42 Å². The minimum Gasteiger partial charge on any atom is -0.389 e. The molecule has 4 heteroatoms. The number of carbonyl (C=O) groups is 1. The second-order valence-corrected chi connectivity index (χ2v) is 7.37. The first kappa shape index (κ1) is 15.0. The van der Waals surface area contributed by atoms with Crippen molar-refractivity contribution in [3.8, 4) is 0 Å². The van der Waals surface area contributed by atoms with Gasteiger partial charge in [-0.1, -0.05) is 28.8 Å². The molecule has 2 aliphatic rings. The molecule has 21 heavy (non-hydrogen) atoms. The zero-order valence-corrected chi connectivity index (χ0v) is 14.0. The molecule has 1 aromatic carbocycles. The molecule has 1 heterocycles. The minimum atomic E-state index is -0.523. The Labute approximate surface area is 134 Å². The van der Waals surface area contributed by atoms with Crippen LogP contribution in [0.25, 0.3) is 0 Å². The lowest BCUT2D eigenvalue weighted by Gasteiger charge is -2.47. The van der Waals surface area contributed by atoms with Gasteiger partial charge in [0.25, 0.3) is 5.91 Å². The molecular formula is C17H22BrNO2. The fraction of sp³-hybridized carbons (Fsp3) is 0.588. The largest absolute Gasteiger partial charge is 0.389 e. The maximum atomic E-state index is 12.7. The number of halogens is 1. The quantitative estimate of drug-likeness (QED) is 0.840. The second kappa shape index (κ2) is 5.73. The van der Waals surface area contributed by atoms with Crippen LogP contribution < -0.4 is 0 Å². The summed E-state index contributed by atoms with van der Waals surface area (Å²) in [5, 5.41) is 10.7. The molecule has 1 aromatic rings. The third-order valence-corrected chi connectivity index (χ3v) is 6.01. The Balaban J connectivity index is 1.75. The van der Waals surface area contributed by atoms with Gasteiger partial charge < -0.3 is 10.0 Å². The van der Waals surface area contributed by atoms with Crippen molar-refractivity contribution >= 4 is 21.8 Å². The van der Waals surface area contributed by atoms with Crippen LogP contribution in [0.1, 0.15) is 48.0 Å². The van der Waals surface area contributed by atoms with Crippen LogP contribution >= 0.6 is 15.9 Å². The average molecular weight is 352 g/mol. The molecule has 1 N–H and O–H groups in total. The third kappa shape index (κ3) is 2.88. The first-order valence-electron chi connectivity index (χ1n) is 7.77. The molecule has 0 aromatic heterocycles. The number of amides is 1. The zero-order chi connectivity index (χ0) is 15.0. The normalized spacial score (nSPS) is 29.1. The highest BCUT2D eigenvalue weighted by Gasteiger charge is 2.43. The lowest BCUT2D eigenvalue weighted by Crippen LogP contribution is -2.54. The van der Waals surface area contributed by atoms with Crippen molar-refractivity contribution in [2.45, 2.75) is 44.6 Å². The van der Waals surface area contributed by atoms with E-state index in [0.29, 0.717) is 13.1 Å². The van der Waals surface area contributed by atoms with Gasteiger partial charge in [-0.05, 0) is 49.9 Å². The van der Waals surface area contributed by atoms with Crippen molar-refractivity contribution in [2.24, 2.45) is 5.92 Å². The molecule has 3 rings (SSSR count). The van der Waals surface area contributed by atoms with Gasteiger partial charge >= 0.3 is 0 Å². The molecular weight excluding hydrogens is 330 g/mol. The number of fused-ring (bicyclic) bond motifs is 1. The van der Waals surface area contributed by atoms with E-state index in [0.717, 1.165) is 41.3 Å². The second-order valence-electron chi connectivity index (χ2n) is 6.51. The molecule has 0 bridgehead atoms. The van der Waals surface area contributed by atoms with E-state index < -0.39 is 5.60 Å². The summed E-state index contributed by atoms with van der Waals surface area (Å²) in [5.41, 5.74) is 1.30. The number of nitrogens with zero attached hydrogens (tertiary/aromatic N) is 1. The van der Waals surface area contributed by atoms with Gasteiger partial charge in [0.05, 0.1) is 5.60 Å². The monoisotopic (exact) mass is 351 g/mol. The number of aryl methyl sites for hydroxylation is 1. The Morgan fingerprint density at radius 3 is 2.95 bits per heavy atom. The van der Waals surface area contributed by atoms with Gasteiger partial charge in [0.1, 0.15) is 0 Å². The van der Waals surface area contributed by atoms with Crippen LogP contribution in [0.4, 0.5) is 0 Å². The Morgan fingerprint density at radius 2 is 2.19 bits per heavy atom. The first-order chi connectivity index (χ1) is 9.99. The van der Waals surface area contributed by atoms with Crippen molar-refractivity contribution in [3.05, 3.63) is 33.8 Å². The highest BCUT2D eigenvalue weighted by atomic mass is 79.9. The van der Waals surface area contributed by atoms with Crippen LogP contribution in [-0.2, 0) is 0 Å². The van der Waals surface area contributed by atoms with Gasteiger partial charge in [-0.25, -0.2) is 0 Å². The maximum Gasteiger partial charge on any atom is 0.253 e. The number of piperidine rings is 1. The van der Waals surface area contributed by atoms with Gasteiger partial charge in [-0.3, -0.25) is 4.79 Å². The zero-order valence-electron chi connectivity index (χ0n) is 12.4. The molecule has 1 amide bonds. The van der Waals surface area contributed by atoms with E-state index in [4.69, 9.17) is 0 Å². The van der Waals surface area contributed by atoms with Gasteiger partial charge in [0.2, 0.25) is 0 Å². The number of rotatable bonds is 1. The molecule has 2 atom stereocenters. The number of hydrogen-bond donors (Lipinski definition) is 1. The number of carbonyl (C=O) groups excluding carboxylic acids is 1. The van der Waals surface area contributed by atoms with Crippen molar-refractivity contribution in [3.63, 3.8) is 0 Å². The molecule has 2 fully saturated rings. The van der Waals surface area contributed by atoms with E-state index in [9.17, 15) is 9.90 Å². The molecule has 114 valence electrons. The standard InChI is InChI=1S/C17H22BrNO2/c1-12-10-13(5-6-15(12)18)16(20)19-9-8-17(21)7-3-2-4-14(17)11-19/h5-6,10,14,21H,2-4,7-9,11H2,1H3. The van der Waals surface area contributed by atoms with Crippen LogP contribution in [0.5, 0.6) is 0 Å². The van der Waals surface area contributed by atoms with Crippen LogP contribution in [0.15, 0.2) is 22.7 Å². The van der Waals surface area contributed by atoms with Crippen molar-refractivity contribution in [1.29, 1.82) is 0 Å². The Hall–Kier alpha value is -0.870. The third-order valence-electron chi connectivity index (χ3n) is 5.12. The van der Waals surface area contributed by atoms with Crippen molar-refractivity contribution in [1.82, 2.24) is 4.90 Å². The molecule has 0 radical (unpaired) electrons. The fourth-order valence-electron chi connectivity index (χ4n) is 3.72. The summed E-state index contributed by atoms with van der Waals surface area (Å²) >= 11 is 3.47. The Morgan fingerprint density at radius 1 is 1.38 bits per heavy atom. The molecule has 1 aliphatic carbocycles. The van der Waals surface area contributed by atoms with Crippen LogP contribution in [-0.4, -0.2) is 34.6 Å². The maximum absolute atomic E-state index is 12.7. The summed E-state index contributed by atoms with van der Waals surface area (Å²) < 4.78 is 1.03. The number of benzene rings is 1. The number of hydrogen-bond acceptors (Lipinski definition) is 2. The first-order valence-corrected chi connectivity index (χ1v) is 8.57. The van der Waals surface area contributed by atoms with E-state index in [1.54, 1.807) is 0 Å². The minimum absolute atomic E-state index is 0.0956. The van der Waals surface area contributed by atoms with E-state index in [1.807, 2.05) is 30.0 Å². The van der Waals surface area contributed by atoms with Gasteiger partial charge in [-0.15, -0.1) is 0 Å². The van der Waals surface area contributed by atoms with Crippen LogP contribution in [0.3, 0.4) is 0 Å². The summed E-state index contributed by atoms with van der Waals surface area (Å²) in [6, 6.07) is 5.75. The van der Waals surface area contributed by atoms with Gasteiger partial charge in [0, 0.05) is 29.0 Å². The highest BCUT2D eigenvalue weighted by molar-refractivity contribution is 9.10. The van der Waals surface area contributed by atoms with Crippen LogP contribution in [0, 0.1) is 12.8 Å². The molecule has 1 saturated heterocycles. The molecule has 1 saturated carbocycles. The predicted octanol–water partition coefficient (Wildman–Crippen LogP) is 3.52. The SMILES string of the molecule is Cc1cc(C(=O)N2CCC3(O)CCCCC3C2)ccc1Br. The average Bonchev–Trinajstić information content (AvgIpc) is 2.48. The predicted molar refractivity (Wildman–Crippen MR) is 86.3 cm³/mol. The topological polar surface area (TPSA) is 40.5 Å². The van der Waals surface area contributed by atoms with Gasteiger partial charge in [0.15, 0.2) is 0 Å². The van der Waals surface area contributed by atoms with Crippen LogP contribution in [0.2, 0.25) is 0 Å². The van der Waals surface area contributed by atoms with Crippen molar-refractivity contribution < 1.29 is 9.90 Å². The summed E-state index contributed by atoms with van der Waals surface area (Å²) in [5.74, 6) is 0.346. The Kier molecular flexibility index (Phi) is 4.10. The van der Waals surface area contributed by atoms with Gasteiger partial charge in [-0.2, -0.15) is 0 Å². The molecule has 2 unspecified atom stereocenters. The summed E-state index contributed by atoms with van der Waals surface area (Å²) in [7, 11) is 0. The van der Waals surface area contributed by atoms with E-state index in [-0.39, 0.29) is 11.8 Å².